The number of aromatic nitrogens is 1. The summed E-state index contributed by atoms with van der Waals surface area (Å²) in [7, 11) is 0. The van der Waals surface area contributed by atoms with Crippen LogP contribution in [0.2, 0.25) is 0 Å². The molecule has 2 rings (SSSR count). The fourth-order valence-corrected chi connectivity index (χ4v) is 1.19. The van der Waals surface area contributed by atoms with Gasteiger partial charge in [0.1, 0.15) is 5.71 Å². The molecule has 66 valence electrons. The third kappa shape index (κ3) is 1.56. The van der Waals surface area contributed by atoms with Crippen molar-refractivity contribution in [3.05, 3.63) is 30.1 Å². The van der Waals surface area contributed by atoms with Crippen LogP contribution in [0.1, 0.15) is 5.69 Å². The van der Waals surface area contributed by atoms with Crippen LogP contribution in [-0.2, 0) is 4.79 Å². The van der Waals surface area contributed by atoms with Crippen molar-refractivity contribution in [2.75, 3.05) is 13.1 Å². The van der Waals surface area contributed by atoms with E-state index < -0.39 is 0 Å². The summed E-state index contributed by atoms with van der Waals surface area (Å²) >= 11 is 0. The summed E-state index contributed by atoms with van der Waals surface area (Å²) < 4.78 is 0. The maximum absolute atomic E-state index is 11.3. The van der Waals surface area contributed by atoms with Gasteiger partial charge in [0.05, 0.1) is 12.2 Å². The summed E-state index contributed by atoms with van der Waals surface area (Å²) in [4.78, 5) is 19.5. The zero-order valence-corrected chi connectivity index (χ0v) is 7.03. The molecule has 1 amide bonds. The summed E-state index contributed by atoms with van der Waals surface area (Å²) in [5.41, 5.74) is 1.08. The summed E-state index contributed by atoms with van der Waals surface area (Å²) in [6, 6.07) is 5.43. The maximum Gasteiger partial charge on any atom is 0.271 e. The SMILES string of the molecule is O=C1NCCN=C1c1ccccn1. The van der Waals surface area contributed by atoms with Crippen LogP contribution in [0, 0.1) is 0 Å². The molecule has 13 heavy (non-hydrogen) atoms. The van der Waals surface area contributed by atoms with Crippen molar-refractivity contribution in [2.24, 2.45) is 4.99 Å². The molecule has 1 aliphatic rings. The number of nitrogens with zero attached hydrogens (tertiary/aromatic N) is 2. The Morgan fingerprint density at radius 3 is 3.00 bits per heavy atom. The Balaban J connectivity index is 2.35. The van der Waals surface area contributed by atoms with Crippen LogP contribution in [0.5, 0.6) is 0 Å². The number of hydrogen-bond donors (Lipinski definition) is 1. The van der Waals surface area contributed by atoms with E-state index >= 15 is 0 Å². The second-order valence-electron chi connectivity index (χ2n) is 2.70. The fraction of sp³-hybridized carbons (Fsp3) is 0.222. The molecular formula is C9H9N3O. The minimum absolute atomic E-state index is 0.134. The molecule has 1 aromatic rings. The zero-order chi connectivity index (χ0) is 9.10. The molecule has 0 bridgehead atoms. The van der Waals surface area contributed by atoms with Gasteiger partial charge in [-0.25, -0.2) is 0 Å². The van der Waals surface area contributed by atoms with Gasteiger partial charge in [0, 0.05) is 12.7 Å². The smallest absolute Gasteiger partial charge is 0.271 e. The van der Waals surface area contributed by atoms with Crippen LogP contribution in [0.15, 0.2) is 29.4 Å². The maximum atomic E-state index is 11.3. The minimum atomic E-state index is -0.134. The van der Waals surface area contributed by atoms with Gasteiger partial charge in [-0.3, -0.25) is 14.8 Å². The molecule has 1 aromatic heterocycles. The quantitative estimate of drug-likeness (QED) is 0.653. The van der Waals surface area contributed by atoms with Gasteiger partial charge >= 0.3 is 0 Å². The van der Waals surface area contributed by atoms with E-state index in [1.54, 1.807) is 12.3 Å². The predicted molar refractivity (Wildman–Crippen MR) is 48.7 cm³/mol. The molecule has 0 saturated heterocycles. The Morgan fingerprint density at radius 2 is 2.31 bits per heavy atom. The number of rotatable bonds is 1. The minimum Gasteiger partial charge on any atom is -0.349 e. The van der Waals surface area contributed by atoms with Gasteiger partial charge in [-0.2, -0.15) is 0 Å². The Morgan fingerprint density at radius 1 is 1.38 bits per heavy atom. The molecule has 0 fully saturated rings. The summed E-state index contributed by atoms with van der Waals surface area (Å²) in [6.07, 6.45) is 1.65. The van der Waals surface area contributed by atoms with Crippen LogP contribution in [0.25, 0.3) is 0 Å². The first-order chi connectivity index (χ1) is 6.38. The lowest BCUT2D eigenvalue weighted by molar-refractivity contribution is -0.114. The fourth-order valence-electron chi connectivity index (χ4n) is 1.19. The van der Waals surface area contributed by atoms with E-state index in [0.717, 1.165) is 0 Å². The molecule has 4 heteroatoms. The average molecular weight is 175 g/mol. The van der Waals surface area contributed by atoms with Crippen molar-refractivity contribution >= 4 is 11.6 Å². The van der Waals surface area contributed by atoms with Gasteiger partial charge in [0.15, 0.2) is 0 Å². The molecule has 4 nitrogen and oxygen atoms in total. The highest BCUT2D eigenvalue weighted by Crippen LogP contribution is 1.99. The molecule has 0 saturated carbocycles. The van der Waals surface area contributed by atoms with E-state index in [2.05, 4.69) is 15.3 Å². The van der Waals surface area contributed by atoms with Crippen LogP contribution in [-0.4, -0.2) is 29.7 Å². The van der Waals surface area contributed by atoms with Gasteiger partial charge in [0.25, 0.3) is 5.91 Å². The van der Waals surface area contributed by atoms with Crippen molar-refractivity contribution in [1.29, 1.82) is 0 Å². The van der Waals surface area contributed by atoms with Crippen LogP contribution in [0.4, 0.5) is 0 Å². The zero-order valence-electron chi connectivity index (χ0n) is 7.03. The molecule has 2 heterocycles. The highest BCUT2D eigenvalue weighted by atomic mass is 16.2. The van der Waals surface area contributed by atoms with E-state index in [9.17, 15) is 4.79 Å². The lowest BCUT2D eigenvalue weighted by atomic mass is 10.2. The molecule has 0 atom stereocenters. The van der Waals surface area contributed by atoms with Crippen molar-refractivity contribution in [3.63, 3.8) is 0 Å². The van der Waals surface area contributed by atoms with Gasteiger partial charge in [-0.15, -0.1) is 0 Å². The Labute approximate surface area is 75.7 Å². The van der Waals surface area contributed by atoms with E-state index in [-0.39, 0.29) is 5.91 Å². The van der Waals surface area contributed by atoms with Crippen LogP contribution < -0.4 is 5.32 Å². The van der Waals surface area contributed by atoms with Gasteiger partial charge < -0.3 is 5.32 Å². The van der Waals surface area contributed by atoms with Gasteiger partial charge in [-0.05, 0) is 12.1 Å². The van der Waals surface area contributed by atoms with E-state index in [1.165, 1.54) is 0 Å². The number of pyridine rings is 1. The lowest BCUT2D eigenvalue weighted by Crippen LogP contribution is -2.38. The predicted octanol–water partition coefficient (Wildman–Crippen LogP) is 0.000500. The standard InChI is InChI=1S/C9H9N3O/c13-9-8(11-5-6-12-9)7-3-1-2-4-10-7/h1-4H,5-6H2,(H,12,13). The second kappa shape index (κ2) is 3.35. The van der Waals surface area contributed by atoms with Gasteiger partial charge in [0.2, 0.25) is 0 Å². The first-order valence-corrected chi connectivity index (χ1v) is 4.12. The van der Waals surface area contributed by atoms with Crippen molar-refractivity contribution in [2.45, 2.75) is 0 Å². The Kier molecular flexibility index (Phi) is 2.04. The van der Waals surface area contributed by atoms with Crippen LogP contribution in [0.3, 0.4) is 0 Å². The first kappa shape index (κ1) is 7.91. The van der Waals surface area contributed by atoms with E-state index in [0.29, 0.717) is 24.5 Å². The Bertz CT molecular complexity index is 345. The van der Waals surface area contributed by atoms with Crippen molar-refractivity contribution in [1.82, 2.24) is 10.3 Å². The third-order valence-corrected chi connectivity index (χ3v) is 1.79. The lowest BCUT2D eigenvalue weighted by Gasteiger charge is -2.11. The Hall–Kier alpha value is -1.71. The number of nitrogens with one attached hydrogen (secondary N) is 1. The number of aliphatic imine (C=N–C) groups is 1. The highest BCUT2D eigenvalue weighted by Gasteiger charge is 2.16. The molecule has 0 aromatic carbocycles. The van der Waals surface area contributed by atoms with Crippen molar-refractivity contribution < 1.29 is 4.79 Å². The highest BCUT2D eigenvalue weighted by molar-refractivity contribution is 6.45. The first-order valence-electron chi connectivity index (χ1n) is 4.12. The van der Waals surface area contributed by atoms with E-state index in [1.807, 2.05) is 12.1 Å². The van der Waals surface area contributed by atoms with E-state index in [4.69, 9.17) is 0 Å². The molecule has 0 radical (unpaired) electrons. The second-order valence-corrected chi connectivity index (χ2v) is 2.70. The summed E-state index contributed by atoms with van der Waals surface area (Å²) in [6.45, 7) is 1.26. The monoisotopic (exact) mass is 175 g/mol. The average Bonchev–Trinajstić information content (AvgIpc) is 2.20. The van der Waals surface area contributed by atoms with Crippen molar-refractivity contribution in [3.8, 4) is 0 Å². The topological polar surface area (TPSA) is 54.4 Å². The molecule has 1 aliphatic heterocycles. The molecule has 0 spiro atoms. The van der Waals surface area contributed by atoms with Crippen LogP contribution >= 0.6 is 0 Å². The molecule has 0 unspecified atom stereocenters. The number of carbonyl (C=O) groups excluding carboxylic acids is 1. The summed E-state index contributed by atoms with van der Waals surface area (Å²) in [5, 5.41) is 2.72. The third-order valence-electron chi connectivity index (χ3n) is 1.79. The summed E-state index contributed by atoms with van der Waals surface area (Å²) in [5.74, 6) is -0.134. The van der Waals surface area contributed by atoms with Gasteiger partial charge in [-0.1, -0.05) is 6.07 Å². The molecule has 0 aliphatic carbocycles. The number of amides is 1. The molecular weight excluding hydrogens is 166 g/mol. The number of carbonyl (C=O) groups is 1. The number of hydrogen-bond acceptors (Lipinski definition) is 3. The normalized spacial score (nSPS) is 16.3. The molecule has 1 N–H and O–H groups in total. The largest absolute Gasteiger partial charge is 0.349 e.